The number of carbonyl (C=O) groups excluding carboxylic acids is 1. The van der Waals surface area contributed by atoms with Crippen molar-refractivity contribution in [2.45, 2.75) is 12.3 Å². The van der Waals surface area contributed by atoms with E-state index in [1.165, 1.54) is 17.3 Å². The average molecular weight is 374 g/mol. The second-order valence-corrected chi connectivity index (χ2v) is 6.56. The lowest BCUT2D eigenvalue weighted by molar-refractivity contribution is -0.136. The quantitative estimate of drug-likeness (QED) is 0.703. The molecule has 0 aliphatic heterocycles. The highest BCUT2D eigenvalue weighted by atomic mass is 16.5. The molecule has 0 bridgehead atoms. The van der Waals surface area contributed by atoms with E-state index in [9.17, 15) is 9.59 Å². The third kappa shape index (κ3) is 3.57. The Morgan fingerprint density at radius 1 is 0.964 bits per heavy atom. The highest BCUT2D eigenvalue weighted by Gasteiger charge is 2.28. The van der Waals surface area contributed by atoms with Gasteiger partial charge in [-0.15, -0.1) is 0 Å². The first-order chi connectivity index (χ1) is 13.6. The monoisotopic (exact) mass is 374 g/mol. The number of nitrogens with zero attached hydrogens (tertiary/aromatic N) is 1. The molecule has 6 nitrogen and oxygen atoms in total. The number of anilines is 1. The van der Waals surface area contributed by atoms with E-state index in [1.807, 2.05) is 24.3 Å². The maximum absolute atomic E-state index is 12.2. The predicted molar refractivity (Wildman–Crippen MR) is 104 cm³/mol. The van der Waals surface area contributed by atoms with Crippen LogP contribution in [-0.2, 0) is 16.0 Å². The molecule has 0 radical (unpaired) electrons. The first-order valence-electron chi connectivity index (χ1n) is 8.90. The van der Waals surface area contributed by atoms with Gasteiger partial charge in [0.15, 0.2) is 0 Å². The van der Waals surface area contributed by atoms with Gasteiger partial charge in [-0.2, -0.15) is 0 Å². The number of carboxylic acids is 1. The Balaban J connectivity index is 1.42. The fourth-order valence-electron chi connectivity index (χ4n) is 3.51. The summed E-state index contributed by atoms with van der Waals surface area (Å²) in [6.07, 6.45) is 0.680. The minimum Gasteiger partial charge on any atom is -0.481 e. The Bertz CT molecular complexity index is 985. The van der Waals surface area contributed by atoms with E-state index in [4.69, 9.17) is 9.84 Å². The van der Waals surface area contributed by atoms with Gasteiger partial charge in [0.05, 0.1) is 24.0 Å². The Kier molecular flexibility index (Phi) is 4.76. The highest BCUT2D eigenvalue weighted by Crippen LogP contribution is 2.44. The van der Waals surface area contributed by atoms with Crippen LogP contribution in [0.25, 0.3) is 11.1 Å². The number of aliphatic carboxylic acids is 1. The lowest BCUT2D eigenvalue weighted by atomic mass is 9.98. The molecule has 0 saturated carbocycles. The molecule has 3 aromatic rings. The van der Waals surface area contributed by atoms with Crippen molar-refractivity contribution >= 4 is 17.7 Å². The zero-order valence-electron chi connectivity index (χ0n) is 15.0. The molecule has 2 aromatic carbocycles. The molecule has 140 valence electrons. The number of hydrogen-bond donors (Lipinski definition) is 2. The Morgan fingerprint density at radius 2 is 1.61 bits per heavy atom. The normalized spacial score (nSPS) is 12.1. The van der Waals surface area contributed by atoms with E-state index in [0.29, 0.717) is 11.4 Å². The molecule has 1 amide bonds. The predicted octanol–water partition coefficient (Wildman–Crippen LogP) is 4.07. The van der Waals surface area contributed by atoms with Crippen molar-refractivity contribution in [2.75, 3.05) is 11.9 Å². The van der Waals surface area contributed by atoms with Gasteiger partial charge in [0.2, 0.25) is 0 Å². The number of rotatable bonds is 5. The summed E-state index contributed by atoms with van der Waals surface area (Å²) in [7, 11) is 0. The van der Waals surface area contributed by atoms with Crippen LogP contribution >= 0.6 is 0 Å². The number of pyridine rings is 1. The number of benzene rings is 2. The number of ether oxygens (including phenoxy) is 1. The molecule has 0 saturated heterocycles. The molecule has 0 fully saturated rings. The minimum absolute atomic E-state index is 0.00535. The molecule has 2 N–H and O–H groups in total. The fraction of sp³-hybridized carbons (Fsp3) is 0.136. The minimum atomic E-state index is -0.954. The third-order valence-electron chi connectivity index (χ3n) is 4.75. The van der Waals surface area contributed by atoms with Gasteiger partial charge in [0, 0.05) is 5.92 Å². The fourth-order valence-corrected chi connectivity index (χ4v) is 3.51. The lowest BCUT2D eigenvalue weighted by Crippen LogP contribution is -2.18. The van der Waals surface area contributed by atoms with Gasteiger partial charge in [0.25, 0.3) is 0 Å². The van der Waals surface area contributed by atoms with E-state index < -0.39 is 12.1 Å². The maximum atomic E-state index is 12.2. The zero-order valence-corrected chi connectivity index (χ0v) is 15.0. The number of aromatic nitrogens is 1. The summed E-state index contributed by atoms with van der Waals surface area (Å²) in [5.74, 6) is -0.959. The number of fused-ring (bicyclic) bond motifs is 3. The Morgan fingerprint density at radius 3 is 2.18 bits per heavy atom. The number of carbonyl (C=O) groups is 2. The van der Waals surface area contributed by atoms with E-state index in [1.54, 1.807) is 12.1 Å². The standard InChI is InChI=1S/C22H18N2O4/c25-21(26)11-14-9-10-15(12-23-14)24-22(27)28-13-20-18-7-3-1-5-16(18)17-6-2-4-8-19(17)20/h1-10,12,20H,11,13H2,(H,24,27)(H,25,26). The summed E-state index contributed by atoms with van der Waals surface area (Å²) >= 11 is 0. The van der Waals surface area contributed by atoms with Gasteiger partial charge in [-0.3, -0.25) is 15.1 Å². The van der Waals surface area contributed by atoms with Crippen LogP contribution in [0.15, 0.2) is 66.9 Å². The number of amides is 1. The molecule has 0 spiro atoms. The first-order valence-corrected chi connectivity index (χ1v) is 8.90. The van der Waals surface area contributed by atoms with Crippen LogP contribution in [0.2, 0.25) is 0 Å². The van der Waals surface area contributed by atoms with Crippen molar-refractivity contribution in [3.63, 3.8) is 0 Å². The van der Waals surface area contributed by atoms with Crippen molar-refractivity contribution in [3.8, 4) is 11.1 Å². The van der Waals surface area contributed by atoms with Gasteiger partial charge in [-0.1, -0.05) is 48.5 Å². The van der Waals surface area contributed by atoms with E-state index in [0.717, 1.165) is 11.1 Å². The number of carboxylic acid groups (broad SMARTS) is 1. The molecule has 1 heterocycles. The molecular formula is C22H18N2O4. The van der Waals surface area contributed by atoms with Crippen molar-refractivity contribution in [1.82, 2.24) is 4.98 Å². The van der Waals surface area contributed by atoms with Crippen LogP contribution in [0.1, 0.15) is 22.7 Å². The zero-order chi connectivity index (χ0) is 19.5. The van der Waals surface area contributed by atoms with E-state index >= 15 is 0 Å². The van der Waals surface area contributed by atoms with Gasteiger partial charge in [-0.05, 0) is 34.4 Å². The highest BCUT2D eigenvalue weighted by molar-refractivity contribution is 5.85. The van der Waals surface area contributed by atoms with Crippen LogP contribution in [0.3, 0.4) is 0 Å². The largest absolute Gasteiger partial charge is 0.481 e. The van der Waals surface area contributed by atoms with Crippen LogP contribution in [0, 0.1) is 0 Å². The van der Waals surface area contributed by atoms with E-state index in [2.05, 4.69) is 34.6 Å². The van der Waals surface area contributed by atoms with Crippen LogP contribution < -0.4 is 5.32 Å². The molecule has 4 rings (SSSR count). The van der Waals surface area contributed by atoms with Crippen LogP contribution in [0.4, 0.5) is 10.5 Å². The SMILES string of the molecule is O=C(O)Cc1ccc(NC(=O)OCC2c3ccccc3-c3ccccc32)cn1. The summed E-state index contributed by atoms with van der Waals surface area (Å²) in [4.78, 5) is 26.9. The topological polar surface area (TPSA) is 88.5 Å². The number of hydrogen-bond acceptors (Lipinski definition) is 4. The smallest absolute Gasteiger partial charge is 0.411 e. The van der Waals surface area contributed by atoms with Crippen molar-refractivity contribution in [1.29, 1.82) is 0 Å². The molecule has 1 aromatic heterocycles. The van der Waals surface area contributed by atoms with Crippen molar-refractivity contribution in [2.24, 2.45) is 0 Å². The van der Waals surface area contributed by atoms with E-state index in [-0.39, 0.29) is 18.9 Å². The van der Waals surface area contributed by atoms with Crippen LogP contribution in [0.5, 0.6) is 0 Å². The molecule has 1 aliphatic carbocycles. The summed E-state index contributed by atoms with van der Waals surface area (Å²) < 4.78 is 5.47. The summed E-state index contributed by atoms with van der Waals surface area (Å²) in [5.41, 5.74) is 5.51. The third-order valence-corrected chi connectivity index (χ3v) is 4.75. The first kappa shape index (κ1) is 17.7. The van der Waals surface area contributed by atoms with Gasteiger partial charge >= 0.3 is 12.1 Å². The van der Waals surface area contributed by atoms with Gasteiger partial charge in [0.1, 0.15) is 6.61 Å². The number of nitrogens with one attached hydrogen (secondary N) is 1. The Hall–Kier alpha value is -3.67. The Labute approximate surface area is 161 Å². The van der Waals surface area contributed by atoms with Gasteiger partial charge in [-0.25, -0.2) is 4.79 Å². The molecule has 0 atom stereocenters. The lowest BCUT2D eigenvalue weighted by Gasteiger charge is -2.14. The summed E-state index contributed by atoms with van der Waals surface area (Å²) in [5, 5.41) is 11.4. The summed E-state index contributed by atoms with van der Waals surface area (Å²) in [6, 6.07) is 19.4. The van der Waals surface area contributed by atoms with Crippen LogP contribution in [-0.4, -0.2) is 28.8 Å². The molecule has 28 heavy (non-hydrogen) atoms. The molecule has 6 heteroatoms. The molecular weight excluding hydrogens is 356 g/mol. The van der Waals surface area contributed by atoms with Crippen molar-refractivity contribution < 1.29 is 19.4 Å². The molecule has 0 unspecified atom stereocenters. The second-order valence-electron chi connectivity index (χ2n) is 6.56. The summed E-state index contributed by atoms with van der Waals surface area (Å²) in [6.45, 7) is 0.227. The van der Waals surface area contributed by atoms with Gasteiger partial charge < -0.3 is 9.84 Å². The average Bonchev–Trinajstić information content (AvgIpc) is 3.01. The maximum Gasteiger partial charge on any atom is 0.411 e. The second kappa shape index (κ2) is 7.52. The van der Waals surface area contributed by atoms with Crippen molar-refractivity contribution in [3.05, 3.63) is 83.7 Å². The molecule has 1 aliphatic rings.